The van der Waals surface area contributed by atoms with Crippen molar-refractivity contribution in [3.05, 3.63) is 35.4 Å². The first kappa shape index (κ1) is 16.9. The predicted octanol–water partition coefficient (Wildman–Crippen LogP) is 0.991. The van der Waals surface area contributed by atoms with Gasteiger partial charge < -0.3 is 15.4 Å². The van der Waals surface area contributed by atoms with Gasteiger partial charge in [0.2, 0.25) is 5.91 Å². The van der Waals surface area contributed by atoms with Gasteiger partial charge in [-0.05, 0) is 18.2 Å². The number of hydrogen-bond acceptors (Lipinski definition) is 4. The van der Waals surface area contributed by atoms with Gasteiger partial charge in [0.1, 0.15) is 0 Å². The number of nitrogens with one attached hydrogen (secondary N) is 2. The van der Waals surface area contributed by atoms with E-state index in [2.05, 4.69) is 33.7 Å². The summed E-state index contributed by atoms with van der Waals surface area (Å²) in [5.74, 6) is 0.0759. The van der Waals surface area contributed by atoms with Crippen LogP contribution in [0.25, 0.3) is 0 Å². The van der Waals surface area contributed by atoms with Crippen molar-refractivity contribution in [1.82, 2.24) is 15.5 Å². The molecule has 1 aromatic carbocycles. The lowest BCUT2D eigenvalue weighted by Gasteiger charge is -2.27. The van der Waals surface area contributed by atoms with Gasteiger partial charge in [-0.3, -0.25) is 9.69 Å². The van der Waals surface area contributed by atoms with Crippen molar-refractivity contribution in [2.75, 3.05) is 39.9 Å². The molecule has 1 atom stereocenters. The Bertz CT molecular complexity index is 473. The van der Waals surface area contributed by atoms with E-state index in [4.69, 9.17) is 4.74 Å². The molecule has 2 N–H and O–H groups in total. The second-order valence-corrected chi connectivity index (χ2v) is 5.83. The lowest BCUT2D eigenvalue weighted by atomic mass is 10.1. The first-order valence-electron chi connectivity index (χ1n) is 8.00. The van der Waals surface area contributed by atoms with Crippen molar-refractivity contribution >= 4 is 5.91 Å². The van der Waals surface area contributed by atoms with Crippen molar-refractivity contribution in [2.45, 2.75) is 20.0 Å². The molecule has 2 rings (SSSR count). The molecule has 1 aliphatic heterocycles. The Morgan fingerprint density at radius 2 is 1.95 bits per heavy atom. The summed E-state index contributed by atoms with van der Waals surface area (Å²) in [6, 6.07) is 8.33. The summed E-state index contributed by atoms with van der Waals surface area (Å²) in [5, 5.41) is 6.07. The van der Waals surface area contributed by atoms with Crippen LogP contribution in [-0.4, -0.2) is 50.7 Å². The highest BCUT2D eigenvalue weighted by Crippen LogP contribution is 2.13. The zero-order valence-corrected chi connectivity index (χ0v) is 13.6. The molecule has 1 aromatic rings. The standard InChI is InChI=1S/C17H27N3O2/c1-14(11-18-2)17(21)19-12-15-5-3-4-6-16(15)13-20-7-9-22-10-8-20/h3-6,14,18H,7-13H2,1-2H3,(H,19,21). The maximum absolute atomic E-state index is 12.0. The number of carbonyl (C=O) groups excluding carboxylic acids is 1. The van der Waals surface area contributed by atoms with Crippen LogP contribution in [0.1, 0.15) is 18.1 Å². The molecule has 0 bridgehead atoms. The van der Waals surface area contributed by atoms with Gasteiger partial charge in [-0.2, -0.15) is 0 Å². The SMILES string of the molecule is CNCC(C)C(=O)NCc1ccccc1CN1CCOCC1. The van der Waals surface area contributed by atoms with E-state index in [1.807, 2.05) is 20.0 Å². The molecule has 0 aromatic heterocycles. The van der Waals surface area contributed by atoms with E-state index in [0.717, 1.165) is 32.8 Å². The molecule has 1 amide bonds. The summed E-state index contributed by atoms with van der Waals surface area (Å²) < 4.78 is 5.39. The molecule has 1 aliphatic rings. The molecule has 0 saturated carbocycles. The molecule has 122 valence electrons. The van der Waals surface area contributed by atoms with E-state index < -0.39 is 0 Å². The number of ether oxygens (including phenoxy) is 1. The van der Waals surface area contributed by atoms with Gasteiger partial charge in [-0.15, -0.1) is 0 Å². The van der Waals surface area contributed by atoms with Crippen molar-refractivity contribution in [3.63, 3.8) is 0 Å². The normalized spacial score (nSPS) is 17.2. The van der Waals surface area contributed by atoms with Crippen LogP contribution in [0, 0.1) is 5.92 Å². The van der Waals surface area contributed by atoms with E-state index in [9.17, 15) is 4.79 Å². The Kier molecular flexibility index (Phi) is 6.83. The molecule has 1 heterocycles. The number of nitrogens with zero attached hydrogens (tertiary/aromatic N) is 1. The van der Waals surface area contributed by atoms with Crippen LogP contribution in [0.2, 0.25) is 0 Å². The van der Waals surface area contributed by atoms with E-state index >= 15 is 0 Å². The molecular weight excluding hydrogens is 278 g/mol. The van der Waals surface area contributed by atoms with Crippen LogP contribution in [0.4, 0.5) is 0 Å². The maximum atomic E-state index is 12.0. The number of carbonyl (C=O) groups is 1. The molecule has 5 nitrogen and oxygen atoms in total. The Morgan fingerprint density at radius 1 is 1.27 bits per heavy atom. The van der Waals surface area contributed by atoms with E-state index in [0.29, 0.717) is 13.1 Å². The van der Waals surface area contributed by atoms with Gasteiger partial charge in [0, 0.05) is 38.6 Å². The average Bonchev–Trinajstić information content (AvgIpc) is 2.55. The van der Waals surface area contributed by atoms with Crippen LogP contribution < -0.4 is 10.6 Å². The molecule has 1 fully saturated rings. The summed E-state index contributed by atoms with van der Waals surface area (Å²) in [4.78, 5) is 14.4. The van der Waals surface area contributed by atoms with Crippen LogP contribution in [0.5, 0.6) is 0 Å². The topological polar surface area (TPSA) is 53.6 Å². The third kappa shape index (κ3) is 5.09. The molecule has 5 heteroatoms. The fourth-order valence-corrected chi connectivity index (χ4v) is 2.64. The second kappa shape index (κ2) is 8.88. The Hall–Kier alpha value is -1.43. The van der Waals surface area contributed by atoms with Crippen LogP contribution >= 0.6 is 0 Å². The molecule has 1 saturated heterocycles. The van der Waals surface area contributed by atoms with Crippen molar-refractivity contribution in [2.24, 2.45) is 5.92 Å². The summed E-state index contributed by atoms with van der Waals surface area (Å²) in [6.45, 7) is 7.70. The zero-order chi connectivity index (χ0) is 15.8. The molecule has 0 radical (unpaired) electrons. The largest absolute Gasteiger partial charge is 0.379 e. The van der Waals surface area contributed by atoms with E-state index in [1.165, 1.54) is 11.1 Å². The first-order chi connectivity index (χ1) is 10.7. The van der Waals surface area contributed by atoms with Gasteiger partial charge in [-0.1, -0.05) is 31.2 Å². The minimum atomic E-state index is -0.0172. The lowest BCUT2D eigenvalue weighted by Crippen LogP contribution is -2.36. The monoisotopic (exact) mass is 305 g/mol. The van der Waals surface area contributed by atoms with Gasteiger partial charge in [-0.25, -0.2) is 0 Å². The highest BCUT2D eigenvalue weighted by Gasteiger charge is 2.14. The summed E-state index contributed by atoms with van der Waals surface area (Å²) in [5.41, 5.74) is 2.48. The smallest absolute Gasteiger partial charge is 0.224 e. The fraction of sp³-hybridized carbons (Fsp3) is 0.588. The highest BCUT2D eigenvalue weighted by atomic mass is 16.5. The predicted molar refractivity (Wildman–Crippen MR) is 87.5 cm³/mol. The minimum Gasteiger partial charge on any atom is -0.379 e. The number of rotatable bonds is 7. The molecule has 22 heavy (non-hydrogen) atoms. The van der Waals surface area contributed by atoms with Gasteiger partial charge >= 0.3 is 0 Å². The lowest BCUT2D eigenvalue weighted by molar-refractivity contribution is -0.124. The number of morpholine rings is 1. The maximum Gasteiger partial charge on any atom is 0.224 e. The Balaban J connectivity index is 1.91. The first-order valence-corrected chi connectivity index (χ1v) is 8.00. The molecule has 0 spiro atoms. The summed E-state index contributed by atoms with van der Waals surface area (Å²) in [6.07, 6.45) is 0. The Morgan fingerprint density at radius 3 is 2.64 bits per heavy atom. The van der Waals surface area contributed by atoms with Crippen LogP contribution in [-0.2, 0) is 22.6 Å². The number of amides is 1. The van der Waals surface area contributed by atoms with Crippen molar-refractivity contribution in [3.8, 4) is 0 Å². The number of benzene rings is 1. The third-order valence-electron chi connectivity index (χ3n) is 4.03. The van der Waals surface area contributed by atoms with Gasteiger partial charge in [0.05, 0.1) is 13.2 Å². The fourth-order valence-electron chi connectivity index (χ4n) is 2.64. The number of hydrogen-bond donors (Lipinski definition) is 2. The molecule has 1 unspecified atom stereocenters. The summed E-state index contributed by atoms with van der Waals surface area (Å²) in [7, 11) is 1.86. The highest BCUT2D eigenvalue weighted by molar-refractivity contribution is 5.78. The second-order valence-electron chi connectivity index (χ2n) is 5.83. The van der Waals surface area contributed by atoms with Crippen molar-refractivity contribution in [1.29, 1.82) is 0 Å². The zero-order valence-electron chi connectivity index (χ0n) is 13.6. The quantitative estimate of drug-likeness (QED) is 0.789. The minimum absolute atomic E-state index is 0.0172. The van der Waals surface area contributed by atoms with Gasteiger partial charge in [0.25, 0.3) is 0 Å². The van der Waals surface area contributed by atoms with Crippen LogP contribution in [0.15, 0.2) is 24.3 Å². The van der Waals surface area contributed by atoms with Crippen molar-refractivity contribution < 1.29 is 9.53 Å². The molecular formula is C17H27N3O2. The third-order valence-corrected chi connectivity index (χ3v) is 4.03. The summed E-state index contributed by atoms with van der Waals surface area (Å²) >= 11 is 0. The average molecular weight is 305 g/mol. The Labute approximate surface area is 133 Å². The van der Waals surface area contributed by atoms with Gasteiger partial charge in [0.15, 0.2) is 0 Å². The van der Waals surface area contributed by atoms with E-state index in [-0.39, 0.29) is 11.8 Å². The van der Waals surface area contributed by atoms with Crippen LogP contribution in [0.3, 0.4) is 0 Å². The molecule has 0 aliphatic carbocycles. The van der Waals surface area contributed by atoms with E-state index in [1.54, 1.807) is 0 Å².